The number of nitrogens with zero attached hydrogens (tertiary/aromatic N) is 4. The summed E-state index contributed by atoms with van der Waals surface area (Å²) in [7, 11) is 0. The molecule has 0 radical (unpaired) electrons. The molecule has 1 fully saturated rings. The van der Waals surface area contributed by atoms with E-state index in [2.05, 4.69) is 26.1 Å². The molecule has 4 rings (SSSR count). The Labute approximate surface area is 158 Å². The molecule has 3 heterocycles. The van der Waals surface area contributed by atoms with Gasteiger partial charge in [-0.3, -0.25) is 9.88 Å². The van der Waals surface area contributed by atoms with Gasteiger partial charge in [0.15, 0.2) is 5.82 Å². The molecule has 1 aliphatic rings. The van der Waals surface area contributed by atoms with Gasteiger partial charge in [-0.15, -0.1) is 0 Å². The lowest BCUT2D eigenvalue weighted by Crippen LogP contribution is -2.33. The van der Waals surface area contributed by atoms with Gasteiger partial charge in [-0.05, 0) is 43.1 Å². The van der Waals surface area contributed by atoms with Gasteiger partial charge in [0.1, 0.15) is 0 Å². The SMILES string of the molecule is Clc1ccccc1Cc1noc(CN2CCCCC2c2ccccn2)n1. The summed E-state index contributed by atoms with van der Waals surface area (Å²) < 4.78 is 5.50. The predicted octanol–water partition coefficient (Wildman–Crippen LogP) is 4.44. The zero-order chi connectivity index (χ0) is 17.8. The Bertz CT molecular complexity index is 852. The summed E-state index contributed by atoms with van der Waals surface area (Å²) in [6.45, 7) is 1.67. The number of rotatable bonds is 5. The second kappa shape index (κ2) is 7.98. The van der Waals surface area contributed by atoms with E-state index in [1.807, 2.05) is 42.6 Å². The van der Waals surface area contributed by atoms with Crippen LogP contribution in [0, 0.1) is 0 Å². The van der Waals surface area contributed by atoms with Crippen molar-refractivity contribution in [2.24, 2.45) is 0 Å². The molecule has 0 amide bonds. The summed E-state index contributed by atoms with van der Waals surface area (Å²) in [6, 6.07) is 14.2. The van der Waals surface area contributed by atoms with Gasteiger partial charge in [-0.2, -0.15) is 4.98 Å². The van der Waals surface area contributed by atoms with Crippen LogP contribution in [-0.2, 0) is 13.0 Å². The number of halogens is 1. The standard InChI is InChI=1S/C20H21ClN4O/c21-16-8-2-1-7-15(16)13-19-23-20(26-24-19)14-25-12-6-4-10-18(25)17-9-3-5-11-22-17/h1-3,5,7-9,11,18H,4,6,10,12-14H2. The van der Waals surface area contributed by atoms with E-state index in [9.17, 15) is 0 Å². The van der Waals surface area contributed by atoms with E-state index >= 15 is 0 Å². The van der Waals surface area contributed by atoms with Crippen LogP contribution in [-0.4, -0.2) is 26.6 Å². The minimum absolute atomic E-state index is 0.309. The predicted molar refractivity (Wildman–Crippen MR) is 99.8 cm³/mol. The van der Waals surface area contributed by atoms with E-state index in [4.69, 9.17) is 16.1 Å². The van der Waals surface area contributed by atoms with Gasteiger partial charge in [-0.25, -0.2) is 0 Å². The van der Waals surface area contributed by atoms with E-state index in [-0.39, 0.29) is 0 Å². The largest absolute Gasteiger partial charge is 0.338 e. The first-order valence-corrected chi connectivity index (χ1v) is 9.37. The van der Waals surface area contributed by atoms with Crippen molar-refractivity contribution >= 4 is 11.6 Å². The molecule has 2 aromatic heterocycles. The molecule has 1 aromatic carbocycles. The minimum atomic E-state index is 0.309. The van der Waals surface area contributed by atoms with E-state index in [0.717, 1.165) is 29.2 Å². The fraction of sp³-hybridized carbons (Fsp3) is 0.350. The molecule has 1 aliphatic heterocycles. The van der Waals surface area contributed by atoms with Gasteiger partial charge in [0, 0.05) is 17.6 Å². The molecule has 0 bridgehead atoms. The molecule has 3 aromatic rings. The second-order valence-corrected chi connectivity index (χ2v) is 7.02. The van der Waals surface area contributed by atoms with Crippen molar-refractivity contribution in [3.05, 3.63) is 76.7 Å². The fourth-order valence-electron chi connectivity index (χ4n) is 3.50. The lowest BCUT2D eigenvalue weighted by atomic mass is 9.99. The zero-order valence-corrected chi connectivity index (χ0v) is 15.3. The summed E-state index contributed by atoms with van der Waals surface area (Å²) in [4.78, 5) is 11.5. The highest BCUT2D eigenvalue weighted by Gasteiger charge is 2.26. The monoisotopic (exact) mass is 368 g/mol. The van der Waals surface area contributed by atoms with Crippen LogP contribution >= 0.6 is 11.6 Å². The molecular weight excluding hydrogens is 348 g/mol. The number of aromatic nitrogens is 3. The highest BCUT2D eigenvalue weighted by Crippen LogP contribution is 2.30. The third-order valence-corrected chi connectivity index (χ3v) is 5.17. The van der Waals surface area contributed by atoms with Crippen LogP contribution in [0.25, 0.3) is 0 Å². The number of benzene rings is 1. The number of piperidine rings is 1. The fourth-order valence-corrected chi connectivity index (χ4v) is 3.70. The number of pyridine rings is 1. The van der Waals surface area contributed by atoms with E-state index in [1.165, 1.54) is 12.8 Å². The summed E-state index contributed by atoms with van der Waals surface area (Å²) in [6.07, 6.45) is 5.95. The Morgan fingerprint density at radius 3 is 2.85 bits per heavy atom. The summed E-state index contributed by atoms with van der Waals surface area (Å²) in [5.74, 6) is 1.31. The van der Waals surface area contributed by atoms with Gasteiger partial charge >= 0.3 is 0 Å². The van der Waals surface area contributed by atoms with Crippen LogP contribution in [0.15, 0.2) is 53.2 Å². The number of likely N-dealkylation sites (tertiary alicyclic amines) is 1. The van der Waals surface area contributed by atoms with Crippen LogP contribution in [0.2, 0.25) is 5.02 Å². The number of hydrogen-bond acceptors (Lipinski definition) is 5. The molecule has 1 atom stereocenters. The average Bonchev–Trinajstić information content (AvgIpc) is 3.12. The van der Waals surface area contributed by atoms with Crippen molar-refractivity contribution < 1.29 is 4.52 Å². The van der Waals surface area contributed by atoms with Crippen molar-refractivity contribution in [2.75, 3.05) is 6.54 Å². The molecular formula is C20H21ClN4O. The smallest absolute Gasteiger partial charge is 0.240 e. The maximum atomic E-state index is 6.22. The third kappa shape index (κ3) is 3.94. The van der Waals surface area contributed by atoms with Crippen molar-refractivity contribution in [1.82, 2.24) is 20.0 Å². The first kappa shape index (κ1) is 17.2. The highest BCUT2D eigenvalue weighted by molar-refractivity contribution is 6.31. The Morgan fingerprint density at radius 1 is 1.12 bits per heavy atom. The van der Waals surface area contributed by atoms with Crippen molar-refractivity contribution in [2.45, 2.75) is 38.3 Å². The molecule has 0 aliphatic carbocycles. The summed E-state index contributed by atoms with van der Waals surface area (Å²) in [5.41, 5.74) is 2.12. The Morgan fingerprint density at radius 2 is 2.00 bits per heavy atom. The van der Waals surface area contributed by atoms with Crippen LogP contribution in [0.3, 0.4) is 0 Å². The topological polar surface area (TPSA) is 55.1 Å². The molecule has 0 spiro atoms. The van der Waals surface area contributed by atoms with Crippen molar-refractivity contribution in [3.8, 4) is 0 Å². The Hall–Kier alpha value is -2.24. The molecule has 0 saturated carbocycles. The third-order valence-electron chi connectivity index (χ3n) is 4.80. The van der Waals surface area contributed by atoms with Gasteiger partial charge in [0.2, 0.25) is 5.89 Å². The van der Waals surface area contributed by atoms with Crippen LogP contribution in [0.1, 0.15) is 48.3 Å². The molecule has 6 heteroatoms. The lowest BCUT2D eigenvalue weighted by Gasteiger charge is -2.34. The normalized spacial score (nSPS) is 18.1. The number of hydrogen-bond donors (Lipinski definition) is 0. The minimum Gasteiger partial charge on any atom is -0.338 e. The van der Waals surface area contributed by atoms with Gasteiger partial charge in [0.05, 0.1) is 18.3 Å². The molecule has 26 heavy (non-hydrogen) atoms. The van der Waals surface area contributed by atoms with E-state index in [0.29, 0.717) is 30.7 Å². The summed E-state index contributed by atoms with van der Waals surface area (Å²) in [5, 5.41) is 4.86. The van der Waals surface area contributed by atoms with Crippen LogP contribution in [0.5, 0.6) is 0 Å². The molecule has 1 unspecified atom stereocenters. The van der Waals surface area contributed by atoms with Gasteiger partial charge in [-0.1, -0.05) is 47.4 Å². The van der Waals surface area contributed by atoms with Gasteiger partial charge < -0.3 is 4.52 Å². The molecule has 5 nitrogen and oxygen atoms in total. The second-order valence-electron chi connectivity index (χ2n) is 6.61. The molecule has 0 N–H and O–H groups in total. The first-order chi connectivity index (χ1) is 12.8. The van der Waals surface area contributed by atoms with Gasteiger partial charge in [0.25, 0.3) is 0 Å². The molecule has 134 valence electrons. The Kier molecular flexibility index (Phi) is 5.27. The van der Waals surface area contributed by atoms with E-state index < -0.39 is 0 Å². The van der Waals surface area contributed by atoms with Crippen LogP contribution in [0.4, 0.5) is 0 Å². The maximum absolute atomic E-state index is 6.22. The average molecular weight is 369 g/mol. The molecule has 1 saturated heterocycles. The lowest BCUT2D eigenvalue weighted by molar-refractivity contribution is 0.121. The quantitative estimate of drug-likeness (QED) is 0.666. The van der Waals surface area contributed by atoms with Crippen molar-refractivity contribution in [3.63, 3.8) is 0 Å². The van der Waals surface area contributed by atoms with Crippen LogP contribution < -0.4 is 0 Å². The maximum Gasteiger partial charge on any atom is 0.240 e. The Balaban J connectivity index is 1.46. The van der Waals surface area contributed by atoms with Crippen molar-refractivity contribution in [1.29, 1.82) is 0 Å². The highest BCUT2D eigenvalue weighted by atomic mass is 35.5. The zero-order valence-electron chi connectivity index (χ0n) is 14.5. The first-order valence-electron chi connectivity index (χ1n) is 8.99. The summed E-state index contributed by atoms with van der Waals surface area (Å²) >= 11 is 6.22. The van der Waals surface area contributed by atoms with E-state index in [1.54, 1.807) is 0 Å².